The molecule has 0 saturated heterocycles. The lowest BCUT2D eigenvalue weighted by atomic mass is 10.1. The monoisotopic (exact) mass is 405 g/mol. The Balaban J connectivity index is 1.75. The lowest BCUT2D eigenvalue weighted by Gasteiger charge is -2.17. The molecule has 0 spiro atoms. The van der Waals surface area contributed by atoms with Crippen LogP contribution in [0.15, 0.2) is 84.9 Å². The van der Waals surface area contributed by atoms with Crippen molar-refractivity contribution in [2.24, 2.45) is 0 Å². The van der Waals surface area contributed by atoms with Crippen LogP contribution in [0.2, 0.25) is 0 Å². The molecule has 0 saturated carbocycles. The van der Waals surface area contributed by atoms with Gasteiger partial charge in [0.2, 0.25) is 6.10 Å². The molecule has 6 heteroatoms. The number of carbonyl (C=O) groups excluding carboxylic acids is 2. The van der Waals surface area contributed by atoms with Crippen molar-refractivity contribution in [2.75, 3.05) is 12.4 Å². The van der Waals surface area contributed by atoms with Crippen molar-refractivity contribution in [1.29, 1.82) is 0 Å². The predicted octanol–water partition coefficient (Wildman–Crippen LogP) is 4.77. The lowest BCUT2D eigenvalue weighted by Crippen LogP contribution is -2.25. The van der Waals surface area contributed by atoms with Gasteiger partial charge in [-0.3, -0.25) is 4.79 Å². The summed E-state index contributed by atoms with van der Waals surface area (Å²) in [4.78, 5) is 25.2. The van der Waals surface area contributed by atoms with Crippen LogP contribution >= 0.6 is 0 Å². The summed E-state index contributed by atoms with van der Waals surface area (Å²) in [6.07, 6.45) is 1.65. The molecular weight excluding hydrogens is 385 g/mol. The summed E-state index contributed by atoms with van der Waals surface area (Å²) in [7, 11) is 1.56. The first-order valence-electron chi connectivity index (χ1n) is 9.19. The van der Waals surface area contributed by atoms with Crippen molar-refractivity contribution in [2.45, 2.75) is 6.10 Å². The first-order chi connectivity index (χ1) is 14.5. The second-order valence-electron chi connectivity index (χ2n) is 6.33. The van der Waals surface area contributed by atoms with Gasteiger partial charge < -0.3 is 14.8 Å². The summed E-state index contributed by atoms with van der Waals surface area (Å²) in [5.41, 5.74) is 1.66. The number of carbonyl (C=O) groups is 2. The van der Waals surface area contributed by atoms with Crippen LogP contribution in [-0.4, -0.2) is 19.0 Å². The Kier molecular flexibility index (Phi) is 6.95. The maximum absolute atomic E-state index is 13.1. The van der Waals surface area contributed by atoms with Crippen molar-refractivity contribution in [3.63, 3.8) is 0 Å². The van der Waals surface area contributed by atoms with Crippen LogP contribution in [-0.2, 0) is 14.3 Å². The molecule has 3 aromatic carbocycles. The van der Waals surface area contributed by atoms with Crippen LogP contribution in [0.25, 0.3) is 6.08 Å². The highest BCUT2D eigenvalue weighted by Crippen LogP contribution is 2.21. The minimum Gasteiger partial charge on any atom is -0.497 e. The maximum Gasteiger partial charge on any atom is 0.331 e. The van der Waals surface area contributed by atoms with E-state index in [9.17, 15) is 14.0 Å². The van der Waals surface area contributed by atoms with E-state index in [0.29, 0.717) is 17.0 Å². The number of methoxy groups -OCH3 is 1. The molecule has 0 heterocycles. The summed E-state index contributed by atoms with van der Waals surface area (Å²) in [5, 5.41) is 2.64. The molecule has 3 rings (SSSR count). The standard InChI is InChI=1S/C24H20FNO4/c1-29-21-9-5-6-17(16-21)10-15-22(27)30-23(18-7-3-2-4-8-18)24(28)26-20-13-11-19(25)12-14-20/h2-16,23H,1H3,(H,26,28)/b15-10+. The number of hydrogen-bond acceptors (Lipinski definition) is 4. The van der Waals surface area contributed by atoms with Gasteiger partial charge in [-0.1, -0.05) is 42.5 Å². The highest BCUT2D eigenvalue weighted by atomic mass is 19.1. The number of benzene rings is 3. The van der Waals surface area contributed by atoms with Crippen LogP contribution < -0.4 is 10.1 Å². The first kappa shape index (κ1) is 20.8. The molecule has 0 aliphatic carbocycles. The molecule has 3 aromatic rings. The van der Waals surface area contributed by atoms with Crippen molar-refractivity contribution < 1.29 is 23.5 Å². The Morgan fingerprint density at radius 2 is 1.70 bits per heavy atom. The number of hydrogen-bond donors (Lipinski definition) is 1. The van der Waals surface area contributed by atoms with Gasteiger partial charge >= 0.3 is 5.97 Å². The van der Waals surface area contributed by atoms with Crippen LogP contribution in [0.5, 0.6) is 5.75 Å². The molecule has 0 aliphatic rings. The summed E-state index contributed by atoms with van der Waals surface area (Å²) in [6.45, 7) is 0. The highest BCUT2D eigenvalue weighted by molar-refractivity contribution is 5.97. The maximum atomic E-state index is 13.1. The van der Waals surface area contributed by atoms with Gasteiger partial charge in [0.1, 0.15) is 11.6 Å². The summed E-state index contributed by atoms with van der Waals surface area (Å²) >= 11 is 0. The van der Waals surface area contributed by atoms with E-state index in [1.807, 2.05) is 6.07 Å². The number of nitrogens with one attached hydrogen (secondary N) is 1. The number of anilines is 1. The van der Waals surface area contributed by atoms with Gasteiger partial charge in [0.15, 0.2) is 0 Å². The van der Waals surface area contributed by atoms with Crippen LogP contribution in [0.3, 0.4) is 0 Å². The Labute approximate surface area is 173 Å². The number of halogens is 1. The van der Waals surface area contributed by atoms with Crippen molar-refractivity contribution in [1.82, 2.24) is 0 Å². The third-order valence-corrected chi connectivity index (χ3v) is 4.19. The van der Waals surface area contributed by atoms with Gasteiger partial charge in [-0.25, -0.2) is 9.18 Å². The number of rotatable bonds is 7. The normalized spacial score (nSPS) is 11.7. The molecule has 5 nitrogen and oxygen atoms in total. The molecule has 0 aromatic heterocycles. The Morgan fingerprint density at radius 1 is 0.967 bits per heavy atom. The molecule has 0 radical (unpaired) electrons. The largest absolute Gasteiger partial charge is 0.497 e. The van der Waals surface area contributed by atoms with Gasteiger partial charge in [-0.05, 0) is 48.0 Å². The van der Waals surface area contributed by atoms with E-state index in [2.05, 4.69) is 5.32 Å². The average molecular weight is 405 g/mol. The van der Waals surface area contributed by atoms with Gasteiger partial charge in [0.05, 0.1) is 7.11 Å². The Bertz CT molecular complexity index is 1030. The van der Waals surface area contributed by atoms with Crippen molar-refractivity contribution in [3.8, 4) is 5.75 Å². The smallest absolute Gasteiger partial charge is 0.331 e. The number of ether oxygens (including phenoxy) is 2. The fourth-order valence-electron chi connectivity index (χ4n) is 2.71. The first-order valence-corrected chi connectivity index (χ1v) is 9.19. The third-order valence-electron chi connectivity index (χ3n) is 4.19. The third kappa shape index (κ3) is 5.78. The second kappa shape index (κ2) is 10.0. The minimum atomic E-state index is -1.17. The predicted molar refractivity (Wildman–Crippen MR) is 112 cm³/mol. The topological polar surface area (TPSA) is 64.6 Å². The zero-order valence-electron chi connectivity index (χ0n) is 16.2. The fourth-order valence-corrected chi connectivity index (χ4v) is 2.71. The molecule has 152 valence electrons. The van der Waals surface area contributed by atoms with E-state index in [1.165, 1.54) is 30.3 Å². The molecule has 1 unspecified atom stereocenters. The van der Waals surface area contributed by atoms with Crippen molar-refractivity contribution in [3.05, 3.63) is 102 Å². The van der Waals surface area contributed by atoms with E-state index in [-0.39, 0.29) is 0 Å². The van der Waals surface area contributed by atoms with E-state index in [4.69, 9.17) is 9.47 Å². The highest BCUT2D eigenvalue weighted by Gasteiger charge is 2.24. The van der Waals surface area contributed by atoms with E-state index >= 15 is 0 Å². The van der Waals surface area contributed by atoms with Gasteiger partial charge in [-0.2, -0.15) is 0 Å². The molecule has 0 bridgehead atoms. The molecule has 1 N–H and O–H groups in total. The second-order valence-corrected chi connectivity index (χ2v) is 6.33. The lowest BCUT2D eigenvalue weighted by molar-refractivity contribution is -0.149. The molecule has 1 amide bonds. The average Bonchev–Trinajstić information content (AvgIpc) is 2.78. The Hall–Kier alpha value is -3.93. The zero-order chi connectivity index (χ0) is 21.3. The minimum absolute atomic E-state index is 0.394. The quantitative estimate of drug-likeness (QED) is 0.454. The van der Waals surface area contributed by atoms with E-state index in [1.54, 1.807) is 61.7 Å². The summed E-state index contributed by atoms with van der Waals surface area (Å²) in [5.74, 6) is -0.982. The van der Waals surface area contributed by atoms with E-state index in [0.717, 1.165) is 5.56 Å². The SMILES string of the molecule is COc1cccc(/C=C/C(=O)OC(C(=O)Nc2ccc(F)cc2)c2ccccc2)c1. The van der Waals surface area contributed by atoms with Gasteiger partial charge in [0.25, 0.3) is 5.91 Å². The number of esters is 1. The van der Waals surface area contributed by atoms with Crippen LogP contribution in [0.1, 0.15) is 17.2 Å². The Morgan fingerprint density at radius 3 is 2.40 bits per heavy atom. The van der Waals surface area contributed by atoms with E-state index < -0.39 is 23.8 Å². The summed E-state index contributed by atoms with van der Waals surface area (Å²) in [6, 6.07) is 21.1. The van der Waals surface area contributed by atoms with Crippen LogP contribution in [0, 0.1) is 5.82 Å². The van der Waals surface area contributed by atoms with Crippen molar-refractivity contribution >= 4 is 23.6 Å². The van der Waals surface area contributed by atoms with Gasteiger partial charge in [0, 0.05) is 17.3 Å². The molecule has 30 heavy (non-hydrogen) atoms. The summed E-state index contributed by atoms with van der Waals surface area (Å²) < 4.78 is 23.7. The van der Waals surface area contributed by atoms with Crippen LogP contribution in [0.4, 0.5) is 10.1 Å². The zero-order valence-corrected chi connectivity index (χ0v) is 16.2. The molecule has 1 atom stereocenters. The molecular formula is C24H20FNO4. The van der Waals surface area contributed by atoms with Gasteiger partial charge in [-0.15, -0.1) is 0 Å². The number of amides is 1. The molecule has 0 fully saturated rings. The molecule has 0 aliphatic heterocycles. The fraction of sp³-hybridized carbons (Fsp3) is 0.0833.